The van der Waals surface area contributed by atoms with E-state index in [1.54, 1.807) is 35.1 Å². The summed E-state index contributed by atoms with van der Waals surface area (Å²) in [5, 5.41) is 14.4. The van der Waals surface area contributed by atoms with Gasteiger partial charge in [0.15, 0.2) is 0 Å². The Morgan fingerprint density at radius 3 is 2.86 bits per heavy atom. The highest BCUT2D eigenvalue weighted by molar-refractivity contribution is 7.99. The Hall–Kier alpha value is -2.43. The summed E-state index contributed by atoms with van der Waals surface area (Å²) in [6, 6.07) is 11.5. The first-order valence-electron chi connectivity index (χ1n) is 8.56. The molecule has 0 atom stereocenters. The van der Waals surface area contributed by atoms with Crippen LogP contribution < -0.4 is 4.74 Å². The van der Waals surface area contributed by atoms with E-state index in [2.05, 4.69) is 15.5 Å². The third kappa shape index (κ3) is 5.09. The molecule has 1 amide bonds. The second-order valence-electron chi connectivity index (χ2n) is 5.72. The second kappa shape index (κ2) is 10.2. The molecular formula is C18H21N5O3S2. The van der Waals surface area contributed by atoms with Crippen LogP contribution in [-0.2, 0) is 16.1 Å². The molecular weight excluding hydrogens is 398 g/mol. The van der Waals surface area contributed by atoms with Gasteiger partial charge >= 0.3 is 0 Å². The van der Waals surface area contributed by atoms with Crippen molar-refractivity contribution >= 4 is 29.0 Å². The van der Waals surface area contributed by atoms with Gasteiger partial charge in [-0.15, -0.1) is 16.4 Å². The lowest BCUT2D eigenvalue weighted by Crippen LogP contribution is -2.34. The Kier molecular flexibility index (Phi) is 7.40. The summed E-state index contributed by atoms with van der Waals surface area (Å²) in [6.07, 6.45) is 0. The molecule has 0 fully saturated rings. The quantitative estimate of drug-likeness (QED) is 0.467. The van der Waals surface area contributed by atoms with Crippen LogP contribution in [0.15, 0.2) is 46.9 Å². The number of tetrazole rings is 1. The van der Waals surface area contributed by atoms with Gasteiger partial charge < -0.3 is 14.4 Å². The number of carbonyl (C=O) groups excluding carboxylic acids is 1. The third-order valence-corrected chi connectivity index (χ3v) is 5.69. The molecule has 0 aliphatic heterocycles. The van der Waals surface area contributed by atoms with E-state index in [1.165, 1.54) is 11.8 Å². The topological polar surface area (TPSA) is 82.4 Å². The van der Waals surface area contributed by atoms with Crippen LogP contribution in [0.25, 0.3) is 5.69 Å². The lowest BCUT2D eigenvalue weighted by molar-refractivity contribution is -0.129. The van der Waals surface area contributed by atoms with Gasteiger partial charge in [-0.2, -0.15) is 4.68 Å². The van der Waals surface area contributed by atoms with E-state index in [9.17, 15) is 4.79 Å². The highest BCUT2D eigenvalue weighted by Crippen LogP contribution is 2.25. The van der Waals surface area contributed by atoms with Gasteiger partial charge in [0.1, 0.15) is 11.4 Å². The number of hydrogen-bond acceptors (Lipinski definition) is 8. The average molecular weight is 420 g/mol. The molecule has 3 aromatic rings. The number of nitrogens with zero attached hydrogens (tertiary/aromatic N) is 5. The van der Waals surface area contributed by atoms with Crippen LogP contribution in [0.5, 0.6) is 5.75 Å². The van der Waals surface area contributed by atoms with Gasteiger partial charge in [-0.3, -0.25) is 4.79 Å². The second-order valence-corrected chi connectivity index (χ2v) is 7.70. The zero-order valence-corrected chi connectivity index (χ0v) is 17.3. The fraction of sp³-hybridized carbons (Fsp3) is 0.333. The number of thiophene rings is 1. The number of rotatable bonds is 10. The summed E-state index contributed by atoms with van der Waals surface area (Å²) in [6.45, 7) is 1.59. The van der Waals surface area contributed by atoms with Crippen LogP contribution in [-0.4, -0.2) is 64.1 Å². The van der Waals surface area contributed by atoms with E-state index in [-0.39, 0.29) is 11.7 Å². The van der Waals surface area contributed by atoms with Crippen LogP contribution >= 0.6 is 23.1 Å². The molecule has 2 heterocycles. The zero-order valence-electron chi connectivity index (χ0n) is 15.6. The van der Waals surface area contributed by atoms with Crippen LogP contribution in [0.2, 0.25) is 0 Å². The fourth-order valence-corrected chi connectivity index (χ4v) is 4.03. The van der Waals surface area contributed by atoms with Crippen molar-refractivity contribution in [3.05, 3.63) is 46.7 Å². The summed E-state index contributed by atoms with van der Waals surface area (Å²) < 4.78 is 12.1. The largest absolute Gasteiger partial charge is 0.494 e. The molecule has 0 bridgehead atoms. The normalized spacial score (nSPS) is 10.8. The van der Waals surface area contributed by atoms with Crippen molar-refractivity contribution < 1.29 is 14.3 Å². The van der Waals surface area contributed by atoms with Crippen LogP contribution in [0, 0.1) is 0 Å². The Morgan fingerprint density at radius 1 is 1.25 bits per heavy atom. The van der Waals surface area contributed by atoms with Crippen molar-refractivity contribution in [3.63, 3.8) is 0 Å². The number of carbonyl (C=O) groups is 1. The molecule has 0 saturated heterocycles. The van der Waals surface area contributed by atoms with Crippen LogP contribution in [0.1, 0.15) is 4.88 Å². The van der Waals surface area contributed by atoms with Gasteiger partial charge in [0.05, 0.1) is 26.0 Å². The minimum atomic E-state index is 0.00465. The minimum Gasteiger partial charge on any atom is -0.494 e. The molecule has 0 aliphatic carbocycles. The number of amides is 1. The fourth-order valence-electron chi connectivity index (χ4n) is 2.53. The van der Waals surface area contributed by atoms with E-state index in [4.69, 9.17) is 9.47 Å². The van der Waals surface area contributed by atoms with Gasteiger partial charge in [0.25, 0.3) is 0 Å². The van der Waals surface area contributed by atoms with Gasteiger partial charge in [-0.05, 0) is 34.0 Å². The molecule has 0 aliphatic rings. The Balaban J connectivity index is 1.69. The predicted molar refractivity (Wildman–Crippen MR) is 108 cm³/mol. The summed E-state index contributed by atoms with van der Waals surface area (Å²) in [4.78, 5) is 15.7. The van der Waals surface area contributed by atoms with Crippen molar-refractivity contribution in [2.24, 2.45) is 0 Å². The first kappa shape index (κ1) is 20.3. The monoisotopic (exact) mass is 419 g/mol. The average Bonchev–Trinajstić information content (AvgIpc) is 3.41. The van der Waals surface area contributed by atoms with E-state index in [0.717, 1.165) is 10.6 Å². The highest BCUT2D eigenvalue weighted by Gasteiger charge is 2.18. The van der Waals surface area contributed by atoms with Gasteiger partial charge in [-0.1, -0.05) is 30.0 Å². The van der Waals surface area contributed by atoms with Crippen LogP contribution in [0.3, 0.4) is 0 Å². The maximum atomic E-state index is 12.8. The molecule has 3 rings (SSSR count). The molecule has 0 spiro atoms. The molecule has 2 aromatic heterocycles. The lowest BCUT2D eigenvalue weighted by Gasteiger charge is -2.21. The first-order valence-corrected chi connectivity index (χ1v) is 10.4. The van der Waals surface area contributed by atoms with Crippen molar-refractivity contribution in [2.75, 3.05) is 33.1 Å². The van der Waals surface area contributed by atoms with Crippen LogP contribution in [0.4, 0.5) is 0 Å². The Bertz CT molecular complexity index is 885. The molecule has 0 unspecified atom stereocenters. The molecule has 1 aromatic carbocycles. The minimum absolute atomic E-state index is 0.00465. The molecule has 0 radical (unpaired) electrons. The first-order chi connectivity index (χ1) is 13.7. The molecule has 0 N–H and O–H groups in total. The number of thioether (sulfide) groups is 1. The number of methoxy groups -OCH3 is 2. The maximum Gasteiger partial charge on any atom is 0.233 e. The Morgan fingerprint density at radius 2 is 2.11 bits per heavy atom. The molecule has 10 heteroatoms. The van der Waals surface area contributed by atoms with Crippen molar-refractivity contribution in [1.82, 2.24) is 25.1 Å². The number of hydrogen-bond donors (Lipinski definition) is 0. The smallest absolute Gasteiger partial charge is 0.233 e. The van der Waals surface area contributed by atoms with E-state index in [1.807, 2.05) is 41.8 Å². The third-order valence-electron chi connectivity index (χ3n) is 3.92. The van der Waals surface area contributed by atoms with Crippen molar-refractivity contribution in [2.45, 2.75) is 11.7 Å². The number of benzene rings is 1. The van der Waals surface area contributed by atoms with Gasteiger partial charge in [-0.25, -0.2) is 0 Å². The summed E-state index contributed by atoms with van der Waals surface area (Å²) in [7, 11) is 3.22. The summed E-state index contributed by atoms with van der Waals surface area (Å²) >= 11 is 2.92. The lowest BCUT2D eigenvalue weighted by atomic mass is 10.3. The number of aromatic nitrogens is 4. The van der Waals surface area contributed by atoms with Gasteiger partial charge in [0, 0.05) is 18.5 Å². The van der Waals surface area contributed by atoms with E-state index < -0.39 is 0 Å². The summed E-state index contributed by atoms with van der Waals surface area (Å²) in [5.74, 6) is 0.886. The summed E-state index contributed by atoms with van der Waals surface area (Å²) in [5.41, 5.74) is 0.722. The van der Waals surface area contributed by atoms with E-state index >= 15 is 0 Å². The van der Waals surface area contributed by atoms with E-state index in [0.29, 0.717) is 30.6 Å². The zero-order chi connectivity index (χ0) is 19.8. The molecule has 28 heavy (non-hydrogen) atoms. The van der Waals surface area contributed by atoms with Crippen molar-refractivity contribution in [3.8, 4) is 11.4 Å². The molecule has 148 valence electrons. The number of para-hydroxylation sites is 2. The SMILES string of the molecule is COCCN(Cc1cccs1)C(=O)CSc1nnnn1-c1ccccc1OC. The standard InChI is InChI=1S/C18H21N5O3S2/c1-25-10-9-22(12-14-6-5-11-27-14)17(24)13-28-18-19-20-21-23(18)15-7-3-4-8-16(15)26-2/h3-8,11H,9-10,12-13H2,1-2H3. The van der Waals surface area contributed by atoms with Gasteiger partial charge in [0.2, 0.25) is 11.1 Å². The number of ether oxygens (including phenoxy) is 2. The maximum absolute atomic E-state index is 12.8. The highest BCUT2D eigenvalue weighted by atomic mass is 32.2. The molecule has 8 nitrogen and oxygen atoms in total. The Labute approximate surface area is 171 Å². The predicted octanol–water partition coefficient (Wildman–Crippen LogP) is 2.50. The molecule has 0 saturated carbocycles. The van der Waals surface area contributed by atoms with Crippen molar-refractivity contribution in [1.29, 1.82) is 0 Å².